The lowest BCUT2D eigenvalue weighted by Gasteiger charge is -2.38. The van der Waals surface area contributed by atoms with Crippen molar-refractivity contribution in [3.05, 3.63) is 260 Å². The van der Waals surface area contributed by atoms with Crippen molar-refractivity contribution in [1.82, 2.24) is 14.5 Å². The van der Waals surface area contributed by atoms with Crippen LogP contribution in [0.3, 0.4) is 0 Å². The van der Waals surface area contributed by atoms with E-state index in [2.05, 4.69) is 254 Å². The molecule has 0 saturated heterocycles. The largest absolute Gasteiger partial charge is 0.312 e. The molecule has 2 aromatic heterocycles. The number of allylic oxidation sites excluding steroid dienone is 2. The molecule has 0 bridgehead atoms. The summed E-state index contributed by atoms with van der Waals surface area (Å²) in [6, 6.07) is 78.0. The monoisotopic (exact) mass is 868 g/mol. The third kappa shape index (κ3) is 6.64. The van der Waals surface area contributed by atoms with E-state index < -0.39 is 5.54 Å². The number of fused-ring (bicyclic) bond motifs is 8. The minimum atomic E-state index is -0.501. The molecule has 4 nitrogen and oxygen atoms in total. The van der Waals surface area contributed by atoms with Gasteiger partial charge in [-0.25, -0.2) is 9.97 Å². The van der Waals surface area contributed by atoms with Crippen LogP contribution in [-0.2, 0) is 0 Å². The lowest BCUT2D eigenvalue weighted by atomic mass is 9.75. The number of benzene rings is 9. The Balaban J connectivity index is 0.954. The van der Waals surface area contributed by atoms with Gasteiger partial charge in [-0.3, -0.25) is 4.99 Å². The molecule has 68 heavy (non-hydrogen) atoms. The Labute approximate surface area is 395 Å². The van der Waals surface area contributed by atoms with Crippen LogP contribution in [0.5, 0.6) is 0 Å². The maximum atomic E-state index is 5.77. The molecule has 0 spiro atoms. The molecule has 2 aliphatic rings. The number of para-hydroxylation sites is 1. The summed E-state index contributed by atoms with van der Waals surface area (Å²) in [7, 11) is 0. The zero-order valence-corrected chi connectivity index (χ0v) is 37.5. The molecular formula is C64H44N4. The van der Waals surface area contributed by atoms with Gasteiger partial charge in [-0.15, -0.1) is 0 Å². The molecule has 0 fully saturated rings. The van der Waals surface area contributed by atoms with Crippen molar-refractivity contribution in [2.24, 2.45) is 4.99 Å². The number of nitrogens with zero attached hydrogens (tertiary/aromatic N) is 4. The van der Waals surface area contributed by atoms with Crippen molar-refractivity contribution in [3.8, 4) is 61.8 Å². The smallest absolute Gasteiger partial charge is 0.160 e. The Kier molecular flexibility index (Phi) is 9.33. The first kappa shape index (κ1) is 39.6. The molecule has 320 valence electrons. The molecule has 2 unspecified atom stereocenters. The van der Waals surface area contributed by atoms with Gasteiger partial charge in [0.25, 0.3) is 0 Å². The molecular weight excluding hydrogens is 825 g/mol. The summed E-state index contributed by atoms with van der Waals surface area (Å²) in [5, 5.41) is 6.08. The average Bonchev–Trinajstić information content (AvgIpc) is 3.76. The Hall–Kier alpha value is -8.73. The van der Waals surface area contributed by atoms with Gasteiger partial charge in [0.05, 0.1) is 28.2 Å². The summed E-state index contributed by atoms with van der Waals surface area (Å²) in [6.45, 7) is 2.28. The SMILES string of the molecule is CC12C=CC=CC1c1c(c3ccccc3n1-c1ccc(-c3nc(-c4ccc(-c5ccccc5)cc4)cc(-c4ccc(-c5ccccc5)cc4)n3)cc1)C(c1cc3ccccc3c3ccccc13)=N2. The standard InChI is InChI=1S/C64H44N4/c1-64-39-15-14-25-56(64)62-60(61(67-64)55-40-49-20-8-9-21-51(49)52-22-10-11-23-53(52)55)54-24-12-13-26-59(54)68(62)50-37-35-48(36-38-50)63-65-57(46-31-27-44(28-32-46)42-16-4-2-5-17-42)41-58(66-63)47-33-29-45(30-34-47)43-18-6-3-7-19-43/h2-41,56H,1H3. The van der Waals surface area contributed by atoms with Gasteiger partial charge in [-0.2, -0.15) is 0 Å². The maximum absolute atomic E-state index is 5.77. The fourth-order valence-corrected chi connectivity index (χ4v) is 10.6. The highest BCUT2D eigenvalue weighted by molar-refractivity contribution is 6.28. The van der Waals surface area contributed by atoms with Crippen LogP contribution in [0.4, 0.5) is 0 Å². The number of rotatable bonds is 7. The third-order valence-electron chi connectivity index (χ3n) is 14.0. The molecule has 13 rings (SSSR count). The molecule has 1 aliphatic heterocycles. The number of aromatic nitrogens is 3. The molecule has 0 radical (unpaired) electrons. The zero-order valence-electron chi connectivity index (χ0n) is 37.5. The Bertz CT molecular complexity index is 3720. The summed E-state index contributed by atoms with van der Waals surface area (Å²) in [5.41, 5.74) is 15.8. The second-order valence-electron chi connectivity index (χ2n) is 18.1. The predicted molar refractivity (Wildman–Crippen MR) is 283 cm³/mol. The van der Waals surface area contributed by atoms with Gasteiger partial charge >= 0.3 is 0 Å². The number of aliphatic imine (C=N–C) groups is 1. The Morgan fingerprint density at radius 2 is 0.956 bits per heavy atom. The van der Waals surface area contributed by atoms with Crippen LogP contribution in [0, 0.1) is 0 Å². The van der Waals surface area contributed by atoms with E-state index in [0.29, 0.717) is 5.82 Å². The lowest BCUT2D eigenvalue weighted by molar-refractivity contribution is 0.502. The molecule has 0 amide bonds. The van der Waals surface area contributed by atoms with Gasteiger partial charge in [0.15, 0.2) is 5.82 Å². The predicted octanol–water partition coefficient (Wildman–Crippen LogP) is 15.9. The topological polar surface area (TPSA) is 43.1 Å². The molecule has 3 heterocycles. The zero-order chi connectivity index (χ0) is 45.2. The van der Waals surface area contributed by atoms with Gasteiger partial charge in [-0.05, 0) is 93.2 Å². The summed E-state index contributed by atoms with van der Waals surface area (Å²) in [5.74, 6) is 0.683. The van der Waals surface area contributed by atoms with Crippen molar-refractivity contribution in [3.63, 3.8) is 0 Å². The highest BCUT2D eigenvalue weighted by Gasteiger charge is 2.43. The minimum absolute atomic E-state index is 0.00850. The van der Waals surface area contributed by atoms with E-state index >= 15 is 0 Å². The van der Waals surface area contributed by atoms with Crippen molar-refractivity contribution < 1.29 is 0 Å². The van der Waals surface area contributed by atoms with E-state index in [4.69, 9.17) is 15.0 Å². The average molecular weight is 869 g/mol. The first-order valence-electron chi connectivity index (χ1n) is 23.4. The van der Waals surface area contributed by atoms with Crippen LogP contribution in [0.2, 0.25) is 0 Å². The highest BCUT2D eigenvalue weighted by Crippen LogP contribution is 2.49. The Morgan fingerprint density at radius 1 is 0.441 bits per heavy atom. The molecule has 1 aliphatic carbocycles. The summed E-state index contributed by atoms with van der Waals surface area (Å²) in [6.07, 6.45) is 8.95. The minimum Gasteiger partial charge on any atom is -0.312 e. The van der Waals surface area contributed by atoms with Gasteiger partial charge in [0.2, 0.25) is 0 Å². The van der Waals surface area contributed by atoms with Crippen LogP contribution in [0.25, 0.3) is 94.3 Å². The normalized spacial score (nSPS) is 16.2. The van der Waals surface area contributed by atoms with E-state index in [1.807, 2.05) is 0 Å². The van der Waals surface area contributed by atoms with Crippen LogP contribution in [0.1, 0.15) is 29.7 Å². The third-order valence-corrected chi connectivity index (χ3v) is 14.0. The fourth-order valence-electron chi connectivity index (χ4n) is 10.6. The van der Waals surface area contributed by atoms with Gasteiger partial charge in [-0.1, -0.05) is 200 Å². The second-order valence-corrected chi connectivity index (χ2v) is 18.1. The lowest BCUT2D eigenvalue weighted by Crippen LogP contribution is -2.36. The first-order chi connectivity index (χ1) is 33.6. The number of hydrogen-bond donors (Lipinski definition) is 0. The molecule has 2 atom stereocenters. The summed E-state index contributed by atoms with van der Waals surface area (Å²) >= 11 is 0. The summed E-state index contributed by atoms with van der Waals surface area (Å²) < 4.78 is 2.48. The van der Waals surface area contributed by atoms with Gasteiger partial charge < -0.3 is 4.57 Å². The van der Waals surface area contributed by atoms with E-state index in [-0.39, 0.29) is 5.92 Å². The molecule has 9 aromatic carbocycles. The summed E-state index contributed by atoms with van der Waals surface area (Å²) in [4.78, 5) is 16.3. The van der Waals surface area contributed by atoms with Crippen molar-refractivity contribution in [2.75, 3.05) is 0 Å². The van der Waals surface area contributed by atoms with E-state index in [1.165, 1.54) is 60.4 Å². The maximum Gasteiger partial charge on any atom is 0.160 e. The van der Waals surface area contributed by atoms with Crippen molar-refractivity contribution >= 4 is 38.2 Å². The molecule has 4 heteroatoms. The van der Waals surface area contributed by atoms with E-state index in [0.717, 1.165) is 50.6 Å². The van der Waals surface area contributed by atoms with Crippen LogP contribution in [0.15, 0.2) is 248 Å². The van der Waals surface area contributed by atoms with Gasteiger partial charge in [0, 0.05) is 50.5 Å². The first-order valence-corrected chi connectivity index (χ1v) is 23.4. The van der Waals surface area contributed by atoms with Crippen molar-refractivity contribution in [2.45, 2.75) is 18.4 Å². The fraction of sp³-hybridized carbons (Fsp3) is 0.0469. The van der Waals surface area contributed by atoms with E-state index in [9.17, 15) is 0 Å². The quantitative estimate of drug-likeness (QED) is 0.150. The van der Waals surface area contributed by atoms with Crippen LogP contribution < -0.4 is 0 Å². The molecule has 11 aromatic rings. The Morgan fingerprint density at radius 3 is 1.60 bits per heavy atom. The van der Waals surface area contributed by atoms with Gasteiger partial charge in [0.1, 0.15) is 0 Å². The number of hydrogen-bond acceptors (Lipinski definition) is 3. The highest BCUT2D eigenvalue weighted by atomic mass is 15.0. The molecule has 0 saturated carbocycles. The van der Waals surface area contributed by atoms with Crippen LogP contribution in [-0.4, -0.2) is 25.8 Å². The van der Waals surface area contributed by atoms with E-state index in [1.54, 1.807) is 0 Å². The van der Waals surface area contributed by atoms with Crippen LogP contribution >= 0.6 is 0 Å². The van der Waals surface area contributed by atoms with Crippen molar-refractivity contribution in [1.29, 1.82) is 0 Å². The second kappa shape index (κ2) is 16.0. The molecule has 0 N–H and O–H groups in total.